The lowest BCUT2D eigenvalue weighted by molar-refractivity contribution is -0.120. The van der Waals surface area contributed by atoms with Gasteiger partial charge in [-0.3, -0.25) is 9.59 Å². The van der Waals surface area contributed by atoms with E-state index in [1.54, 1.807) is 0 Å². The Morgan fingerprint density at radius 2 is 1.90 bits per heavy atom. The number of rotatable bonds is 13. The fourth-order valence-electron chi connectivity index (χ4n) is 3.86. The Bertz CT molecular complexity index is 672. The molecule has 1 atom stereocenters. The van der Waals surface area contributed by atoms with E-state index in [0.717, 1.165) is 63.7 Å². The molecule has 168 valence electrons. The van der Waals surface area contributed by atoms with Crippen molar-refractivity contribution >= 4 is 23.2 Å². The monoisotopic (exact) mass is 417 g/mol. The third-order valence-electron chi connectivity index (χ3n) is 5.68. The summed E-state index contributed by atoms with van der Waals surface area (Å²) in [4.78, 5) is 27.9. The standard InChI is InChI=1S/C24H39N3O3/c1-4-7-11-19(5-2)23(28)26-20-12-13-22(27-15-8-9-16-27)21(18-20)24(29)25-14-10-17-30-6-3/h12-13,18-19H,4-11,14-17H2,1-3H3,(H,25,29)(H,26,28)/t19-/m1/s1. The first-order valence-electron chi connectivity index (χ1n) is 11.7. The van der Waals surface area contributed by atoms with Crippen molar-refractivity contribution in [1.82, 2.24) is 5.32 Å². The van der Waals surface area contributed by atoms with Gasteiger partial charge in [-0.05, 0) is 57.2 Å². The molecule has 2 rings (SSSR count). The summed E-state index contributed by atoms with van der Waals surface area (Å²) < 4.78 is 5.34. The number of benzene rings is 1. The van der Waals surface area contributed by atoms with Crippen LogP contribution in [-0.4, -0.2) is 44.7 Å². The average Bonchev–Trinajstić information content (AvgIpc) is 3.28. The third-order valence-corrected chi connectivity index (χ3v) is 5.68. The summed E-state index contributed by atoms with van der Waals surface area (Å²) in [6, 6.07) is 5.73. The smallest absolute Gasteiger partial charge is 0.253 e. The quantitative estimate of drug-likeness (QED) is 0.460. The zero-order valence-corrected chi connectivity index (χ0v) is 19.0. The van der Waals surface area contributed by atoms with Gasteiger partial charge < -0.3 is 20.3 Å². The maximum atomic E-state index is 12.9. The van der Waals surface area contributed by atoms with Crippen LogP contribution in [0.15, 0.2) is 18.2 Å². The molecule has 1 aliphatic rings. The molecule has 2 N–H and O–H groups in total. The molecule has 0 aromatic heterocycles. The van der Waals surface area contributed by atoms with Crippen LogP contribution in [0.25, 0.3) is 0 Å². The number of amides is 2. The number of hydrogen-bond donors (Lipinski definition) is 2. The predicted molar refractivity (Wildman–Crippen MR) is 123 cm³/mol. The molecule has 6 heteroatoms. The first-order chi connectivity index (χ1) is 14.6. The third kappa shape index (κ3) is 7.31. The van der Waals surface area contributed by atoms with E-state index >= 15 is 0 Å². The lowest BCUT2D eigenvalue weighted by Gasteiger charge is -2.22. The molecule has 0 unspecified atom stereocenters. The number of carbonyl (C=O) groups is 2. The predicted octanol–water partition coefficient (Wildman–Crippen LogP) is 4.60. The van der Waals surface area contributed by atoms with Crippen molar-refractivity contribution in [3.63, 3.8) is 0 Å². The first-order valence-corrected chi connectivity index (χ1v) is 11.7. The number of carbonyl (C=O) groups excluding carboxylic acids is 2. The minimum atomic E-state index is -0.0949. The summed E-state index contributed by atoms with van der Waals surface area (Å²) in [7, 11) is 0. The number of unbranched alkanes of at least 4 members (excludes halogenated alkanes) is 1. The number of nitrogens with zero attached hydrogens (tertiary/aromatic N) is 1. The Hall–Kier alpha value is -2.08. The molecule has 2 amide bonds. The van der Waals surface area contributed by atoms with Crippen LogP contribution < -0.4 is 15.5 Å². The molecule has 1 heterocycles. The summed E-state index contributed by atoms with van der Waals surface area (Å²) in [5.74, 6) is -0.0375. The summed E-state index contributed by atoms with van der Waals surface area (Å²) in [5.41, 5.74) is 2.27. The highest BCUT2D eigenvalue weighted by molar-refractivity contribution is 6.02. The van der Waals surface area contributed by atoms with E-state index in [1.807, 2.05) is 25.1 Å². The van der Waals surface area contributed by atoms with Gasteiger partial charge in [0.15, 0.2) is 0 Å². The SMILES string of the molecule is CCCC[C@@H](CC)C(=O)Nc1ccc(N2CCCC2)c(C(=O)NCCCOCC)c1. The van der Waals surface area contributed by atoms with Gasteiger partial charge >= 0.3 is 0 Å². The van der Waals surface area contributed by atoms with Gasteiger partial charge in [0.1, 0.15) is 0 Å². The average molecular weight is 418 g/mol. The van der Waals surface area contributed by atoms with Crippen LogP contribution in [0, 0.1) is 5.92 Å². The van der Waals surface area contributed by atoms with Gasteiger partial charge in [-0.2, -0.15) is 0 Å². The van der Waals surface area contributed by atoms with Crippen molar-refractivity contribution in [2.24, 2.45) is 5.92 Å². The Labute approximate surface area is 181 Å². The summed E-state index contributed by atoms with van der Waals surface area (Å²) in [6.45, 7) is 9.98. The Morgan fingerprint density at radius 1 is 1.13 bits per heavy atom. The van der Waals surface area contributed by atoms with Crippen LogP contribution in [-0.2, 0) is 9.53 Å². The largest absolute Gasteiger partial charge is 0.382 e. The van der Waals surface area contributed by atoms with Crippen molar-refractivity contribution in [1.29, 1.82) is 0 Å². The number of ether oxygens (including phenoxy) is 1. The molecule has 0 saturated carbocycles. The lowest BCUT2D eigenvalue weighted by atomic mass is 9.98. The first kappa shape index (κ1) is 24.2. The number of anilines is 2. The van der Waals surface area contributed by atoms with E-state index in [9.17, 15) is 9.59 Å². The molecular formula is C24H39N3O3. The highest BCUT2D eigenvalue weighted by Gasteiger charge is 2.21. The molecule has 1 saturated heterocycles. The molecule has 0 aliphatic carbocycles. The molecule has 1 fully saturated rings. The molecule has 0 radical (unpaired) electrons. The highest BCUT2D eigenvalue weighted by Crippen LogP contribution is 2.28. The number of nitrogens with one attached hydrogen (secondary N) is 2. The molecule has 1 aromatic carbocycles. The molecule has 0 spiro atoms. The topological polar surface area (TPSA) is 70.7 Å². The zero-order chi connectivity index (χ0) is 21.8. The maximum absolute atomic E-state index is 12.9. The van der Waals surface area contributed by atoms with Crippen LogP contribution >= 0.6 is 0 Å². The van der Waals surface area contributed by atoms with Crippen molar-refractivity contribution in [2.45, 2.75) is 65.7 Å². The van der Waals surface area contributed by atoms with Crippen LogP contribution in [0.2, 0.25) is 0 Å². The van der Waals surface area contributed by atoms with E-state index in [1.165, 1.54) is 0 Å². The van der Waals surface area contributed by atoms with Gasteiger partial charge in [-0.1, -0.05) is 26.7 Å². The summed E-state index contributed by atoms with van der Waals surface area (Å²) in [6.07, 6.45) is 6.93. The van der Waals surface area contributed by atoms with Gasteiger partial charge in [0.25, 0.3) is 5.91 Å². The van der Waals surface area contributed by atoms with E-state index in [4.69, 9.17) is 4.74 Å². The fourth-order valence-corrected chi connectivity index (χ4v) is 3.86. The van der Waals surface area contributed by atoms with Crippen LogP contribution in [0.5, 0.6) is 0 Å². The summed E-state index contributed by atoms with van der Waals surface area (Å²) in [5, 5.41) is 6.05. The second-order valence-electron chi connectivity index (χ2n) is 7.97. The molecule has 0 bridgehead atoms. The molecule has 1 aromatic rings. The number of hydrogen-bond acceptors (Lipinski definition) is 4. The van der Waals surface area contributed by atoms with Gasteiger partial charge in [-0.25, -0.2) is 0 Å². The highest BCUT2D eigenvalue weighted by atomic mass is 16.5. The zero-order valence-electron chi connectivity index (χ0n) is 19.0. The van der Waals surface area contributed by atoms with Gasteiger partial charge in [0.2, 0.25) is 5.91 Å². The van der Waals surface area contributed by atoms with E-state index in [0.29, 0.717) is 31.0 Å². The minimum Gasteiger partial charge on any atom is -0.382 e. The van der Waals surface area contributed by atoms with Gasteiger partial charge in [0, 0.05) is 50.1 Å². The van der Waals surface area contributed by atoms with E-state index < -0.39 is 0 Å². The lowest BCUT2D eigenvalue weighted by Crippen LogP contribution is -2.29. The van der Waals surface area contributed by atoms with Crippen molar-refractivity contribution < 1.29 is 14.3 Å². The van der Waals surface area contributed by atoms with E-state index in [-0.39, 0.29) is 17.7 Å². The Morgan fingerprint density at radius 3 is 2.57 bits per heavy atom. The van der Waals surface area contributed by atoms with Crippen LogP contribution in [0.3, 0.4) is 0 Å². The maximum Gasteiger partial charge on any atom is 0.253 e. The summed E-state index contributed by atoms with van der Waals surface area (Å²) >= 11 is 0. The van der Waals surface area contributed by atoms with Crippen molar-refractivity contribution in [2.75, 3.05) is 43.1 Å². The van der Waals surface area contributed by atoms with Crippen LogP contribution in [0.4, 0.5) is 11.4 Å². The van der Waals surface area contributed by atoms with E-state index in [2.05, 4.69) is 29.4 Å². The van der Waals surface area contributed by atoms with Crippen molar-refractivity contribution in [3.8, 4) is 0 Å². The molecular weight excluding hydrogens is 378 g/mol. The second kappa shape index (κ2) is 13.3. The van der Waals surface area contributed by atoms with Crippen LogP contribution in [0.1, 0.15) is 76.1 Å². The van der Waals surface area contributed by atoms with Gasteiger partial charge in [0.05, 0.1) is 5.56 Å². The molecule has 1 aliphatic heterocycles. The molecule has 6 nitrogen and oxygen atoms in total. The van der Waals surface area contributed by atoms with Gasteiger partial charge in [-0.15, -0.1) is 0 Å². The second-order valence-corrected chi connectivity index (χ2v) is 7.97. The van der Waals surface area contributed by atoms with Crippen molar-refractivity contribution in [3.05, 3.63) is 23.8 Å². The fraction of sp³-hybridized carbons (Fsp3) is 0.667. The molecule has 30 heavy (non-hydrogen) atoms. The minimum absolute atomic E-state index is 0.0130. The Kier molecular flexibility index (Phi) is 10.7. The normalized spacial score (nSPS) is 14.6. The Balaban J connectivity index is 2.11.